The average molecular weight is 403 g/mol. The van der Waals surface area contributed by atoms with Gasteiger partial charge in [-0.15, -0.1) is 0 Å². The number of hydrogen-bond acceptors (Lipinski definition) is 1. The van der Waals surface area contributed by atoms with Crippen LogP contribution in [0.25, 0.3) is 0 Å². The van der Waals surface area contributed by atoms with E-state index in [0.717, 1.165) is 19.4 Å². The number of benzene rings is 2. The topological polar surface area (TPSA) is 45.6 Å². The Hall–Kier alpha value is -2.11. The Morgan fingerprint density at radius 3 is 2.50 bits per heavy atom. The first-order chi connectivity index (χ1) is 13.6. The van der Waals surface area contributed by atoms with E-state index in [-0.39, 0.29) is 17.9 Å². The number of halogens is 2. The summed E-state index contributed by atoms with van der Waals surface area (Å²) in [6, 6.07) is 15.1. The lowest BCUT2D eigenvalue weighted by Gasteiger charge is -2.46. The number of amides is 2. The number of anilines is 1. The number of fused-ring (bicyclic) bond motifs is 2. The van der Waals surface area contributed by atoms with Gasteiger partial charge in [0.2, 0.25) is 0 Å². The maximum Gasteiger partial charge on any atom is 0.319 e. The van der Waals surface area contributed by atoms with Gasteiger partial charge in [-0.2, -0.15) is 0 Å². The standard InChI is InChI=1S/C22H25ClFN3O/c23-16-3-1-4-18(11-16)25-22(28)26-19-12-20-5-2-6-21(13-19)27(20)14-15-7-9-17(24)10-8-15/h1,3-4,7-11,19-21H,2,5-6,12-14H2,(H2,25,26,28)/p+1/t19?,20-,21+. The summed E-state index contributed by atoms with van der Waals surface area (Å²) in [5, 5.41) is 6.63. The molecule has 148 valence electrons. The van der Waals surface area contributed by atoms with E-state index in [2.05, 4.69) is 10.6 Å². The first-order valence-electron chi connectivity index (χ1n) is 10.00. The van der Waals surface area contributed by atoms with Crippen molar-refractivity contribution < 1.29 is 14.1 Å². The van der Waals surface area contributed by atoms with E-state index in [4.69, 9.17) is 11.6 Å². The lowest BCUT2D eigenvalue weighted by Crippen LogP contribution is -3.20. The smallest absolute Gasteiger partial charge is 0.319 e. The van der Waals surface area contributed by atoms with Crippen LogP contribution in [-0.4, -0.2) is 24.2 Å². The molecule has 2 heterocycles. The van der Waals surface area contributed by atoms with E-state index in [1.54, 1.807) is 29.2 Å². The Morgan fingerprint density at radius 1 is 1.11 bits per heavy atom. The molecule has 2 amide bonds. The van der Waals surface area contributed by atoms with Gasteiger partial charge in [-0.1, -0.05) is 29.8 Å². The number of carbonyl (C=O) groups excluding carboxylic acids is 1. The van der Waals surface area contributed by atoms with Crippen LogP contribution >= 0.6 is 11.6 Å². The molecule has 2 aromatic rings. The highest BCUT2D eigenvalue weighted by molar-refractivity contribution is 6.30. The third-order valence-electron chi connectivity index (χ3n) is 6.03. The molecule has 2 aromatic carbocycles. The zero-order valence-corrected chi connectivity index (χ0v) is 16.5. The predicted molar refractivity (Wildman–Crippen MR) is 109 cm³/mol. The van der Waals surface area contributed by atoms with E-state index >= 15 is 0 Å². The first kappa shape index (κ1) is 19.2. The third-order valence-corrected chi connectivity index (χ3v) is 6.27. The molecule has 6 heteroatoms. The molecular formula is C22H26ClFN3O+. The van der Waals surface area contributed by atoms with E-state index in [1.165, 1.54) is 24.8 Å². The van der Waals surface area contributed by atoms with Crippen LogP contribution < -0.4 is 15.5 Å². The minimum Gasteiger partial charge on any atom is -0.335 e. The molecule has 4 nitrogen and oxygen atoms in total. The van der Waals surface area contributed by atoms with Gasteiger partial charge >= 0.3 is 6.03 Å². The van der Waals surface area contributed by atoms with Crippen LogP contribution in [-0.2, 0) is 6.54 Å². The van der Waals surface area contributed by atoms with Crippen LogP contribution in [0.5, 0.6) is 0 Å². The Balaban J connectivity index is 1.36. The van der Waals surface area contributed by atoms with Gasteiger partial charge < -0.3 is 15.5 Å². The lowest BCUT2D eigenvalue weighted by molar-refractivity contribution is -0.973. The third kappa shape index (κ3) is 4.65. The van der Waals surface area contributed by atoms with Gasteiger partial charge in [0.25, 0.3) is 0 Å². The van der Waals surface area contributed by atoms with Crippen LogP contribution in [0.15, 0.2) is 48.5 Å². The molecule has 2 aliphatic heterocycles. The van der Waals surface area contributed by atoms with Crippen LogP contribution in [0, 0.1) is 5.82 Å². The summed E-state index contributed by atoms with van der Waals surface area (Å²) in [4.78, 5) is 14.0. The van der Waals surface area contributed by atoms with Crippen molar-refractivity contribution in [1.29, 1.82) is 0 Å². The Labute approximate surface area is 170 Å². The van der Waals surface area contributed by atoms with Crippen LogP contribution in [0.4, 0.5) is 14.9 Å². The lowest BCUT2D eigenvalue weighted by atomic mass is 9.81. The van der Waals surface area contributed by atoms with E-state index in [1.807, 2.05) is 24.3 Å². The Morgan fingerprint density at radius 2 is 1.82 bits per heavy atom. The quantitative estimate of drug-likeness (QED) is 0.716. The van der Waals surface area contributed by atoms with Crippen molar-refractivity contribution in [3.63, 3.8) is 0 Å². The van der Waals surface area contributed by atoms with E-state index in [0.29, 0.717) is 22.8 Å². The highest BCUT2D eigenvalue weighted by atomic mass is 35.5. The second kappa shape index (κ2) is 8.50. The molecule has 0 aromatic heterocycles. The van der Waals surface area contributed by atoms with Gasteiger partial charge in [-0.05, 0) is 49.6 Å². The van der Waals surface area contributed by atoms with Crippen molar-refractivity contribution in [1.82, 2.24) is 5.32 Å². The van der Waals surface area contributed by atoms with Crippen molar-refractivity contribution in [3.8, 4) is 0 Å². The summed E-state index contributed by atoms with van der Waals surface area (Å²) < 4.78 is 13.2. The van der Waals surface area contributed by atoms with Crippen LogP contribution in [0.3, 0.4) is 0 Å². The monoisotopic (exact) mass is 402 g/mol. The van der Waals surface area contributed by atoms with Gasteiger partial charge in [0.15, 0.2) is 0 Å². The summed E-state index contributed by atoms with van der Waals surface area (Å²) in [5.41, 5.74) is 1.88. The largest absolute Gasteiger partial charge is 0.335 e. The summed E-state index contributed by atoms with van der Waals surface area (Å²) >= 11 is 5.98. The molecule has 28 heavy (non-hydrogen) atoms. The summed E-state index contributed by atoms with van der Waals surface area (Å²) in [6.45, 7) is 0.928. The fourth-order valence-corrected chi connectivity index (χ4v) is 4.99. The molecule has 4 rings (SSSR count). The zero-order valence-electron chi connectivity index (χ0n) is 15.8. The molecular weight excluding hydrogens is 377 g/mol. The predicted octanol–water partition coefficient (Wildman–Crippen LogP) is 3.77. The molecule has 0 aliphatic carbocycles. The summed E-state index contributed by atoms with van der Waals surface area (Å²) in [6.07, 6.45) is 5.58. The van der Waals surface area contributed by atoms with Gasteiger partial charge in [0, 0.05) is 35.2 Å². The fourth-order valence-electron chi connectivity index (χ4n) is 4.80. The van der Waals surface area contributed by atoms with Gasteiger partial charge in [-0.25, -0.2) is 9.18 Å². The van der Waals surface area contributed by atoms with Crippen molar-refractivity contribution in [3.05, 3.63) is 64.9 Å². The number of rotatable bonds is 4. The van der Waals surface area contributed by atoms with Gasteiger partial charge in [-0.3, -0.25) is 0 Å². The first-order valence-corrected chi connectivity index (χ1v) is 10.4. The zero-order chi connectivity index (χ0) is 19.5. The van der Waals surface area contributed by atoms with Crippen molar-refractivity contribution in [2.75, 3.05) is 5.32 Å². The Kier molecular flexibility index (Phi) is 5.83. The minimum absolute atomic E-state index is 0.174. The normalized spacial score (nSPS) is 26.5. The molecule has 2 saturated heterocycles. The van der Waals surface area contributed by atoms with Gasteiger partial charge in [0.1, 0.15) is 12.4 Å². The van der Waals surface area contributed by atoms with E-state index < -0.39 is 0 Å². The highest BCUT2D eigenvalue weighted by Gasteiger charge is 2.42. The van der Waals surface area contributed by atoms with E-state index in [9.17, 15) is 9.18 Å². The number of nitrogens with one attached hydrogen (secondary N) is 3. The number of hydrogen-bond donors (Lipinski definition) is 3. The highest BCUT2D eigenvalue weighted by Crippen LogP contribution is 2.23. The number of piperidine rings is 2. The van der Waals surface area contributed by atoms with Crippen molar-refractivity contribution >= 4 is 23.3 Å². The average Bonchev–Trinajstić information content (AvgIpc) is 2.64. The second-order valence-electron chi connectivity index (χ2n) is 7.98. The molecule has 3 N–H and O–H groups in total. The number of urea groups is 1. The van der Waals surface area contributed by atoms with Crippen LogP contribution in [0.1, 0.15) is 37.7 Å². The molecule has 2 aliphatic rings. The van der Waals surface area contributed by atoms with Crippen molar-refractivity contribution in [2.45, 2.75) is 56.8 Å². The SMILES string of the molecule is O=C(Nc1cccc(Cl)c1)NC1C[C@H]2CCC[C@@H](C1)[NH+]2Cc1ccc(F)cc1. The molecule has 2 bridgehead atoms. The number of carbonyl (C=O) groups is 1. The number of quaternary nitrogens is 1. The minimum atomic E-state index is -0.187. The molecule has 4 atom stereocenters. The van der Waals surface area contributed by atoms with Crippen LogP contribution in [0.2, 0.25) is 5.02 Å². The maximum absolute atomic E-state index is 13.2. The van der Waals surface area contributed by atoms with Crippen molar-refractivity contribution in [2.24, 2.45) is 0 Å². The second-order valence-corrected chi connectivity index (χ2v) is 8.42. The molecule has 0 radical (unpaired) electrons. The molecule has 2 unspecified atom stereocenters. The fraction of sp³-hybridized carbons (Fsp3) is 0.409. The Bertz CT molecular complexity index is 815. The molecule has 0 spiro atoms. The summed E-state index contributed by atoms with van der Waals surface area (Å²) in [5.74, 6) is -0.187. The summed E-state index contributed by atoms with van der Waals surface area (Å²) in [7, 11) is 0. The molecule has 0 saturated carbocycles. The maximum atomic E-state index is 13.2. The van der Waals surface area contributed by atoms with Gasteiger partial charge in [0.05, 0.1) is 12.1 Å². The molecule has 2 fully saturated rings.